The molecule has 2 aliphatic heterocycles. The molecule has 154 valence electrons. The van der Waals surface area contributed by atoms with Gasteiger partial charge in [0.1, 0.15) is 5.75 Å². The Hall–Kier alpha value is -4.33. The van der Waals surface area contributed by atoms with Crippen LogP contribution in [-0.4, -0.2) is 33.2 Å². The van der Waals surface area contributed by atoms with Crippen molar-refractivity contribution in [3.63, 3.8) is 0 Å². The monoisotopic (exact) mass is 412 g/mol. The summed E-state index contributed by atoms with van der Waals surface area (Å²) in [5.74, 6) is 1.09. The van der Waals surface area contributed by atoms with Crippen LogP contribution in [0.3, 0.4) is 0 Å². The number of rotatable bonds is 3. The van der Waals surface area contributed by atoms with Crippen molar-refractivity contribution < 1.29 is 9.53 Å². The van der Waals surface area contributed by atoms with E-state index < -0.39 is 0 Å². The Bertz CT molecular complexity index is 1300. The summed E-state index contributed by atoms with van der Waals surface area (Å²) in [5.41, 5.74) is 5.59. The van der Waals surface area contributed by atoms with Crippen molar-refractivity contribution in [3.8, 4) is 5.75 Å². The molecule has 8 nitrogen and oxygen atoms in total. The smallest absolute Gasteiger partial charge is 0.262 e. The average molecular weight is 412 g/mol. The summed E-state index contributed by atoms with van der Waals surface area (Å²) in [6.07, 6.45) is 7.41. The first-order chi connectivity index (χ1) is 15.1. The molecular weight excluding hydrogens is 392 g/mol. The van der Waals surface area contributed by atoms with Crippen LogP contribution in [0.1, 0.15) is 12.5 Å². The molecule has 0 spiro atoms. The second-order valence-electron chi connectivity index (χ2n) is 7.12. The number of nitrogens with one attached hydrogen (secondary N) is 3. The molecule has 5 rings (SSSR count). The maximum absolute atomic E-state index is 11.7. The number of H-pyrrole nitrogens is 1. The fourth-order valence-corrected chi connectivity index (χ4v) is 3.47. The van der Waals surface area contributed by atoms with Gasteiger partial charge in [0.2, 0.25) is 0 Å². The van der Waals surface area contributed by atoms with Crippen molar-refractivity contribution in [1.29, 1.82) is 0 Å². The number of anilines is 2. The van der Waals surface area contributed by atoms with Gasteiger partial charge in [-0.15, -0.1) is 0 Å². The van der Waals surface area contributed by atoms with Gasteiger partial charge in [0.25, 0.3) is 5.91 Å². The van der Waals surface area contributed by atoms with Crippen LogP contribution in [-0.2, 0) is 4.79 Å². The van der Waals surface area contributed by atoms with E-state index in [0.29, 0.717) is 23.0 Å². The zero-order valence-corrected chi connectivity index (χ0v) is 16.8. The Morgan fingerprint density at radius 2 is 2.16 bits per heavy atom. The summed E-state index contributed by atoms with van der Waals surface area (Å²) in [4.78, 5) is 25.8. The number of hydrogen-bond donors (Lipinski definition) is 3. The number of fused-ring (bicyclic) bond motifs is 2. The molecule has 2 aromatic carbocycles. The molecule has 3 heterocycles. The summed E-state index contributed by atoms with van der Waals surface area (Å²) in [6.45, 7) is 6.16. The van der Waals surface area contributed by atoms with Crippen LogP contribution in [0.2, 0.25) is 0 Å². The summed E-state index contributed by atoms with van der Waals surface area (Å²) in [5, 5.41) is 6.20. The highest BCUT2D eigenvalue weighted by Crippen LogP contribution is 2.33. The van der Waals surface area contributed by atoms with E-state index in [4.69, 9.17) is 9.73 Å². The standard InChI is InChI=1S/C23H20N6O2/c1-3-8-29-11-20(15-4-7-21-19(9-15)27-22(30)12-31-21)28-23(14(29)2)26-16-5-6-17-18(10-16)25-13-24-17/h3-11,13H,2,12H2,1H3,(H,24,25)(H,26,28)(H,27,30)/b8-3-. The molecule has 2 aliphatic rings. The van der Waals surface area contributed by atoms with Gasteiger partial charge in [-0.25, -0.2) is 9.98 Å². The van der Waals surface area contributed by atoms with Gasteiger partial charge in [0, 0.05) is 23.7 Å². The first-order valence-corrected chi connectivity index (χ1v) is 9.79. The van der Waals surface area contributed by atoms with Crippen LogP contribution < -0.4 is 15.4 Å². The number of hydrogen-bond acceptors (Lipinski definition) is 6. The highest BCUT2D eigenvalue weighted by molar-refractivity contribution is 6.11. The number of benzene rings is 2. The van der Waals surface area contributed by atoms with E-state index in [0.717, 1.165) is 28.0 Å². The molecule has 8 heteroatoms. The van der Waals surface area contributed by atoms with Crippen LogP contribution in [0.4, 0.5) is 11.4 Å². The summed E-state index contributed by atoms with van der Waals surface area (Å²) in [6, 6.07) is 11.5. The van der Waals surface area contributed by atoms with Crippen molar-refractivity contribution in [1.82, 2.24) is 14.9 Å². The van der Waals surface area contributed by atoms with E-state index in [-0.39, 0.29) is 12.5 Å². The van der Waals surface area contributed by atoms with E-state index >= 15 is 0 Å². The number of carbonyl (C=O) groups excluding carboxylic acids is 1. The Labute approximate surface area is 178 Å². The predicted molar refractivity (Wildman–Crippen MR) is 121 cm³/mol. The van der Waals surface area contributed by atoms with Crippen LogP contribution in [0.25, 0.3) is 16.7 Å². The molecule has 31 heavy (non-hydrogen) atoms. The number of carbonyl (C=O) groups is 1. The molecule has 0 unspecified atom stereocenters. The van der Waals surface area contributed by atoms with Crippen molar-refractivity contribution >= 4 is 39.8 Å². The van der Waals surface area contributed by atoms with Crippen LogP contribution in [0.5, 0.6) is 5.75 Å². The van der Waals surface area contributed by atoms with Gasteiger partial charge in [-0.05, 0) is 43.3 Å². The number of aliphatic imine (C=N–C) groups is 1. The first kappa shape index (κ1) is 18.7. The molecular formula is C23H20N6O2. The number of aromatic amines is 1. The van der Waals surface area contributed by atoms with Gasteiger partial charge in [-0.3, -0.25) is 4.79 Å². The van der Waals surface area contributed by atoms with Crippen molar-refractivity contribution in [3.05, 3.63) is 79.0 Å². The van der Waals surface area contributed by atoms with Crippen molar-refractivity contribution in [2.24, 2.45) is 4.99 Å². The minimum atomic E-state index is -0.175. The van der Waals surface area contributed by atoms with Crippen molar-refractivity contribution in [2.45, 2.75) is 6.92 Å². The number of amides is 1. The predicted octanol–water partition coefficient (Wildman–Crippen LogP) is 4.07. The first-order valence-electron chi connectivity index (χ1n) is 9.79. The van der Waals surface area contributed by atoms with Crippen LogP contribution in [0.15, 0.2) is 78.5 Å². The third-order valence-electron chi connectivity index (χ3n) is 4.98. The molecule has 0 atom stereocenters. The zero-order chi connectivity index (χ0) is 21.4. The van der Waals surface area contributed by atoms with Gasteiger partial charge >= 0.3 is 0 Å². The number of aromatic nitrogens is 2. The van der Waals surface area contributed by atoms with E-state index in [2.05, 4.69) is 27.2 Å². The maximum Gasteiger partial charge on any atom is 0.262 e. The highest BCUT2D eigenvalue weighted by Gasteiger charge is 2.21. The Kier molecular flexibility index (Phi) is 4.51. The Morgan fingerprint density at radius 3 is 3.03 bits per heavy atom. The molecule has 3 aromatic rings. The summed E-state index contributed by atoms with van der Waals surface area (Å²) >= 11 is 0. The van der Waals surface area contributed by atoms with Gasteiger partial charge in [0.15, 0.2) is 12.4 Å². The Balaban J connectivity index is 1.51. The number of ether oxygens (including phenoxy) is 1. The van der Waals surface area contributed by atoms with Crippen LogP contribution >= 0.6 is 0 Å². The fraction of sp³-hybridized carbons (Fsp3) is 0.0870. The molecule has 0 aliphatic carbocycles. The minimum absolute atomic E-state index is 0.0246. The molecule has 0 fully saturated rings. The lowest BCUT2D eigenvalue weighted by atomic mass is 10.1. The number of imidazole rings is 1. The number of nitrogens with zero attached hydrogens (tertiary/aromatic N) is 3. The molecule has 1 aromatic heterocycles. The Morgan fingerprint density at radius 1 is 1.26 bits per heavy atom. The van der Waals surface area contributed by atoms with E-state index in [9.17, 15) is 4.79 Å². The van der Waals surface area contributed by atoms with E-state index in [1.807, 2.05) is 66.7 Å². The van der Waals surface area contributed by atoms with Gasteiger partial charge < -0.3 is 25.3 Å². The molecule has 0 saturated carbocycles. The van der Waals surface area contributed by atoms with E-state index in [1.165, 1.54) is 0 Å². The normalized spacial score (nSPS) is 16.0. The fourth-order valence-electron chi connectivity index (χ4n) is 3.47. The highest BCUT2D eigenvalue weighted by atomic mass is 16.5. The molecule has 0 bridgehead atoms. The molecule has 0 radical (unpaired) electrons. The van der Waals surface area contributed by atoms with Crippen LogP contribution in [0, 0.1) is 0 Å². The SMILES string of the molecule is C=C1C(Nc2ccc3nc[nH]c3c2)=NC(c2ccc3c(c2)NC(=O)CO3)=CN1/C=C\C. The average Bonchev–Trinajstić information content (AvgIpc) is 3.24. The van der Waals surface area contributed by atoms with Gasteiger partial charge in [-0.1, -0.05) is 12.7 Å². The lowest BCUT2D eigenvalue weighted by molar-refractivity contribution is -0.118. The van der Waals surface area contributed by atoms with E-state index in [1.54, 1.807) is 6.33 Å². The third kappa shape index (κ3) is 3.55. The third-order valence-corrected chi connectivity index (χ3v) is 4.98. The minimum Gasteiger partial charge on any atom is -0.482 e. The molecule has 3 N–H and O–H groups in total. The summed E-state index contributed by atoms with van der Waals surface area (Å²) < 4.78 is 5.46. The summed E-state index contributed by atoms with van der Waals surface area (Å²) in [7, 11) is 0. The molecule has 1 amide bonds. The zero-order valence-electron chi connectivity index (χ0n) is 16.8. The quantitative estimate of drug-likeness (QED) is 0.603. The largest absolute Gasteiger partial charge is 0.482 e. The number of allylic oxidation sites excluding steroid dienone is 1. The van der Waals surface area contributed by atoms with Gasteiger partial charge in [0.05, 0.1) is 34.4 Å². The van der Waals surface area contributed by atoms with Crippen molar-refractivity contribution in [2.75, 3.05) is 17.2 Å². The second kappa shape index (κ2) is 7.49. The van der Waals surface area contributed by atoms with Gasteiger partial charge in [-0.2, -0.15) is 0 Å². The topological polar surface area (TPSA) is 94.6 Å². The molecule has 0 saturated heterocycles. The second-order valence-corrected chi connectivity index (χ2v) is 7.12. The maximum atomic E-state index is 11.7. The lowest BCUT2D eigenvalue weighted by Crippen LogP contribution is -2.27. The number of amidine groups is 1. The lowest BCUT2D eigenvalue weighted by Gasteiger charge is -2.27.